The molecule has 6 nitrogen and oxygen atoms in total. The van der Waals surface area contributed by atoms with Crippen molar-refractivity contribution in [3.8, 4) is 0 Å². The zero-order valence-electron chi connectivity index (χ0n) is 12.6. The molecule has 1 N–H and O–H groups in total. The van der Waals surface area contributed by atoms with Gasteiger partial charge in [0.15, 0.2) is 5.11 Å². The third-order valence-electron chi connectivity index (χ3n) is 4.71. The standard InChI is InChI=1S/C15H19N5OS/c1-10(11-6-4-3-5-7-11)20-12-13-18(14(22)16-12)8-17(2)9-19(13)15(20)21/h3-7,10,12-13H,8-9H2,1-2H3,(H,16,22)/t10-,12+,13-/m0/s1. The average molecular weight is 317 g/mol. The molecule has 7 heteroatoms. The number of thiocarbonyl (C=S) groups is 1. The van der Waals surface area contributed by atoms with Gasteiger partial charge < -0.3 is 10.2 Å². The molecule has 116 valence electrons. The highest BCUT2D eigenvalue weighted by atomic mass is 32.1. The molecule has 3 atom stereocenters. The lowest BCUT2D eigenvalue weighted by Crippen LogP contribution is -2.58. The Hall–Kier alpha value is -1.86. The summed E-state index contributed by atoms with van der Waals surface area (Å²) < 4.78 is 0. The maximum atomic E-state index is 12.9. The van der Waals surface area contributed by atoms with Crippen molar-refractivity contribution < 1.29 is 4.79 Å². The van der Waals surface area contributed by atoms with Crippen molar-refractivity contribution in [2.75, 3.05) is 20.4 Å². The van der Waals surface area contributed by atoms with Crippen LogP contribution in [0.3, 0.4) is 0 Å². The molecule has 2 amide bonds. The van der Waals surface area contributed by atoms with E-state index in [1.807, 2.05) is 35.0 Å². The lowest BCUT2D eigenvalue weighted by atomic mass is 10.1. The Kier molecular flexibility index (Phi) is 3.02. The van der Waals surface area contributed by atoms with E-state index in [1.165, 1.54) is 0 Å². The molecule has 0 unspecified atom stereocenters. The predicted molar refractivity (Wildman–Crippen MR) is 86.6 cm³/mol. The van der Waals surface area contributed by atoms with Crippen molar-refractivity contribution in [3.63, 3.8) is 0 Å². The van der Waals surface area contributed by atoms with E-state index in [9.17, 15) is 4.79 Å². The van der Waals surface area contributed by atoms with Crippen LogP contribution in [0.4, 0.5) is 4.79 Å². The minimum Gasteiger partial charge on any atom is -0.339 e. The van der Waals surface area contributed by atoms with Crippen molar-refractivity contribution in [1.82, 2.24) is 24.9 Å². The van der Waals surface area contributed by atoms with Gasteiger partial charge in [0.2, 0.25) is 0 Å². The van der Waals surface area contributed by atoms with Gasteiger partial charge in [0.05, 0.1) is 19.4 Å². The number of urea groups is 1. The fraction of sp³-hybridized carbons (Fsp3) is 0.467. The van der Waals surface area contributed by atoms with Crippen LogP contribution in [0.1, 0.15) is 18.5 Å². The van der Waals surface area contributed by atoms with E-state index in [4.69, 9.17) is 12.2 Å². The summed E-state index contributed by atoms with van der Waals surface area (Å²) in [4.78, 5) is 20.9. The molecular weight excluding hydrogens is 298 g/mol. The molecule has 0 aromatic heterocycles. The quantitative estimate of drug-likeness (QED) is 0.830. The second kappa shape index (κ2) is 4.82. The Labute approximate surface area is 135 Å². The van der Waals surface area contributed by atoms with E-state index < -0.39 is 0 Å². The molecule has 0 bridgehead atoms. The van der Waals surface area contributed by atoms with Gasteiger partial charge in [-0.15, -0.1) is 0 Å². The minimum absolute atomic E-state index is 0.00219. The van der Waals surface area contributed by atoms with Crippen LogP contribution in [0, 0.1) is 0 Å². The van der Waals surface area contributed by atoms with Crippen LogP contribution in [0.15, 0.2) is 30.3 Å². The lowest BCUT2D eigenvalue weighted by molar-refractivity contribution is 0.0134. The predicted octanol–water partition coefficient (Wildman–Crippen LogP) is 1.19. The van der Waals surface area contributed by atoms with Gasteiger partial charge in [-0.25, -0.2) is 4.79 Å². The summed E-state index contributed by atoms with van der Waals surface area (Å²) in [5.74, 6) is 0. The summed E-state index contributed by atoms with van der Waals surface area (Å²) >= 11 is 5.45. The first kappa shape index (κ1) is 13.8. The monoisotopic (exact) mass is 317 g/mol. The molecular formula is C15H19N5OS. The summed E-state index contributed by atoms with van der Waals surface area (Å²) in [5.41, 5.74) is 1.13. The molecule has 3 aliphatic rings. The van der Waals surface area contributed by atoms with Crippen LogP contribution in [0.2, 0.25) is 0 Å². The lowest BCUT2D eigenvalue weighted by Gasteiger charge is -2.40. The van der Waals surface area contributed by atoms with Gasteiger partial charge in [0.1, 0.15) is 12.3 Å². The van der Waals surface area contributed by atoms with E-state index in [2.05, 4.69) is 34.2 Å². The normalized spacial score (nSPS) is 28.9. The van der Waals surface area contributed by atoms with Gasteiger partial charge in [-0.05, 0) is 31.8 Å². The number of amides is 2. The fourth-order valence-electron chi connectivity index (χ4n) is 3.66. The second-order valence-electron chi connectivity index (χ2n) is 6.16. The molecule has 4 rings (SSSR count). The highest BCUT2D eigenvalue weighted by Crippen LogP contribution is 2.37. The zero-order chi connectivity index (χ0) is 15.4. The molecule has 1 aromatic carbocycles. The van der Waals surface area contributed by atoms with E-state index >= 15 is 0 Å². The Morgan fingerprint density at radius 3 is 2.64 bits per heavy atom. The van der Waals surface area contributed by atoms with E-state index in [-0.39, 0.29) is 24.4 Å². The van der Waals surface area contributed by atoms with Crippen molar-refractivity contribution >= 4 is 23.4 Å². The van der Waals surface area contributed by atoms with Gasteiger partial charge in [0, 0.05) is 0 Å². The Morgan fingerprint density at radius 2 is 1.91 bits per heavy atom. The third kappa shape index (κ3) is 1.82. The number of carbonyl (C=O) groups is 1. The average Bonchev–Trinajstić information content (AvgIpc) is 2.97. The molecule has 3 heterocycles. The molecule has 0 aliphatic carbocycles. The van der Waals surface area contributed by atoms with Gasteiger partial charge >= 0.3 is 6.03 Å². The fourth-order valence-corrected chi connectivity index (χ4v) is 3.95. The molecule has 1 aromatic rings. The van der Waals surface area contributed by atoms with E-state index in [0.717, 1.165) is 17.3 Å². The largest absolute Gasteiger partial charge is 0.339 e. The number of hydrogen-bond donors (Lipinski definition) is 1. The molecule has 0 radical (unpaired) electrons. The van der Waals surface area contributed by atoms with Crippen molar-refractivity contribution in [1.29, 1.82) is 0 Å². The van der Waals surface area contributed by atoms with Crippen LogP contribution < -0.4 is 5.32 Å². The SMILES string of the molecule is C[C@@H](c1ccccc1)N1C(=O)N2CN(C)CN3C(=S)N[C@H]1[C@H]23. The number of carbonyl (C=O) groups excluding carboxylic acids is 1. The molecule has 22 heavy (non-hydrogen) atoms. The molecule has 3 fully saturated rings. The summed E-state index contributed by atoms with van der Waals surface area (Å²) in [6.45, 7) is 3.46. The maximum absolute atomic E-state index is 12.9. The van der Waals surface area contributed by atoms with E-state index in [0.29, 0.717) is 6.67 Å². The maximum Gasteiger partial charge on any atom is 0.325 e. The van der Waals surface area contributed by atoms with Crippen LogP contribution in [0.25, 0.3) is 0 Å². The number of hydrogen-bond acceptors (Lipinski definition) is 3. The Bertz CT molecular complexity index is 624. The van der Waals surface area contributed by atoms with Crippen LogP contribution in [0.5, 0.6) is 0 Å². The minimum atomic E-state index is -0.0797. The van der Waals surface area contributed by atoms with Crippen LogP contribution in [-0.2, 0) is 0 Å². The summed E-state index contributed by atoms with van der Waals surface area (Å²) in [6.07, 6.45) is -0.0775. The molecule has 0 spiro atoms. The molecule has 3 aliphatic heterocycles. The number of nitrogens with zero attached hydrogens (tertiary/aromatic N) is 4. The summed E-state index contributed by atoms with van der Waals surface area (Å²) in [5, 5.41) is 4.06. The molecule has 0 saturated carbocycles. The highest BCUT2D eigenvalue weighted by Gasteiger charge is 2.57. The Morgan fingerprint density at radius 1 is 1.23 bits per heavy atom. The second-order valence-corrected chi connectivity index (χ2v) is 6.55. The van der Waals surface area contributed by atoms with Gasteiger partial charge in [0.25, 0.3) is 0 Å². The first-order chi connectivity index (χ1) is 10.6. The number of benzene rings is 1. The van der Waals surface area contributed by atoms with Crippen molar-refractivity contribution in [2.45, 2.75) is 25.3 Å². The molecule has 3 saturated heterocycles. The first-order valence-electron chi connectivity index (χ1n) is 7.47. The van der Waals surface area contributed by atoms with Gasteiger partial charge in [-0.1, -0.05) is 30.3 Å². The summed E-state index contributed by atoms with van der Waals surface area (Å²) in [7, 11) is 2.00. The third-order valence-corrected chi connectivity index (χ3v) is 5.06. The van der Waals surface area contributed by atoms with Crippen LogP contribution >= 0.6 is 12.2 Å². The van der Waals surface area contributed by atoms with Crippen molar-refractivity contribution in [2.24, 2.45) is 0 Å². The zero-order valence-corrected chi connectivity index (χ0v) is 13.5. The van der Waals surface area contributed by atoms with E-state index in [1.54, 1.807) is 0 Å². The Balaban J connectivity index is 1.70. The van der Waals surface area contributed by atoms with Gasteiger partial charge in [-0.3, -0.25) is 14.7 Å². The smallest absolute Gasteiger partial charge is 0.325 e. The summed E-state index contributed by atoms with van der Waals surface area (Å²) in [6, 6.07) is 10.2. The van der Waals surface area contributed by atoms with Crippen LogP contribution in [-0.4, -0.2) is 63.5 Å². The first-order valence-corrected chi connectivity index (χ1v) is 7.88. The number of nitrogens with one attached hydrogen (secondary N) is 1. The van der Waals surface area contributed by atoms with Gasteiger partial charge in [-0.2, -0.15) is 0 Å². The topological polar surface area (TPSA) is 42.1 Å². The highest BCUT2D eigenvalue weighted by molar-refractivity contribution is 7.80. The number of rotatable bonds is 2. The van der Waals surface area contributed by atoms with Crippen molar-refractivity contribution in [3.05, 3.63) is 35.9 Å².